The number of hydrogen-bond donors (Lipinski definition) is 0. The van der Waals surface area contributed by atoms with E-state index in [0.29, 0.717) is 35.2 Å². The van der Waals surface area contributed by atoms with Gasteiger partial charge in [0.25, 0.3) is 5.91 Å². The van der Waals surface area contributed by atoms with Crippen molar-refractivity contribution in [2.24, 2.45) is 0 Å². The molecule has 0 spiro atoms. The van der Waals surface area contributed by atoms with Gasteiger partial charge in [-0.25, -0.2) is 0 Å². The minimum absolute atomic E-state index is 0.0288. The number of halogens is 1. The van der Waals surface area contributed by atoms with Crippen LogP contribution in [0.5, 0.6) is 11.5 Å². The maximum atomic E-state index is 13.1. The van der Waals surface area contributed by atoms with Crippen LogP contribution < -0.4 is 14.4 Å². The number of amides is 1. The molecular weight excluding hydrogens is 410 g/mol. The average Bonchev–Trinajstić information content (AvgIpc) is 3.05. The summed E-state index contributed by atoms with van der Waals surface area (Å²) in [5.41, 5.74) is 4.39. The largest absolute Gasteiger partial charge is 0.493 e. The Morgan fingerprint density at radius 1 is 1.00 bits per heavy atom. The predicted octanol–water partition coefficient (Wildman–Crippen LogP) is 6.22. The molecule has 1 heterocycles. The van der Waals surface area contributed by atoms with Gasteiger partial charge in [0, 0.05) is 28.3 Å². The summed E-state index contributed by atoms with van der Waals surface area (Å²) in [6.07, 6.45) is 2.82. The van der Waals surface area contributed by atoms with Crippen LogP contribution in [-0.4, -0.2) is 19.6 Å². The number of fused-ring (bicyclic) bond motifs is 1. The van der Waals surface area contributed by atoms with Crippen LogP contribution >= 0.6 is 11.6 Å². The van der Waals surface area contributed by atoms with Gasteiger partial charge in [0.05, 0.1) is 12.8 Å². The summed E-state index contributed by atoms with van der Waals surface area (Å²) in [5.74, 6) is 1.25. The first-order valence-electron chi connectivity index (χ1n) is 10.3. The van der Waals surface area contributed by atoms with Crippen molar-refractivity contribution >= 4 is 34.8 Å². The van der Waals surface area contributed by atoms with Crippen LogP contribution in [0.15, 0.2) is 66.7 Å². The number of nitrogens with zero attached hydrogens (tertiary/aromatic N) is 1. The van der Waals surface area contributed by atoms with Gasteiger partial charge < -0.3 is 14.4 Å². The zero-order chi connectivity index (χ0) is 21.8. The number of carbonyl (C=O) groups is 1. The molecule has 0 saturated carbocycles. The molecule has 3 aromatic rings. The lowest BCUT2D eigenvalue weighted by Crippen LogP contribution is -2.26. The van der Waals surface area contributed by atoms with E-state index in [0.717, 1.165) is 28.8 Å². The summed E-state index contributed by atoms with van der Waals surface area (Å²) in [7, 11) is 1.60. The molecule has 0 aliphatic carbocycles. The second kappa shape index (κ2) is 9.27. The summed E-state index contributed by atoms with van der Waals surface area (Å²) in [4.78, 5) is 14.9. The van der Waals surface area contributed by atoms with Crippen molar-refractivity contribution in [3.05, 3.63) is 88.4 Å². The van der Waals surface area contributed by atoms with E-state index < -0.39 is 0 Å². The predicted molar refractivity (Wildman–Crippen MR) is 126 cm³/mol. The number of para-hydroxylation sites is 1. The molecule has 158 valence electrons. The molecule has 4 nitrogen and oxygen atoms in total. The molecule has 0 aromatic heterocycles. The van der Waals surface area contributed by atoms with Gasteiger partial charge in [-0.15, -0.1) is 0 Å². The Hall–Kier alpha value is -3.24. The van der Waals surface area contributed by atoms with E-state index >= 15 is 0 Å². The van der Waals surface area contributed by atoms with Gasteiger partial charge in [0.2, 0.25) is 0 Å². The summed E-state index contributed by atoms with van der Waals surface area (Å²) in [5, 5.41) is 0.665. The SMILES string of the molecule is CCCN1C(=O)/C(=C\c2ccc(OCc3ccccc3Cl)c(OC)c2)c2ccccc21. The molecule has 1 aliphatic rings. The fourth-order valence-corrected chi connectivity index (χ4v) is 3.91. The van der Waals surface area contributed by atoms with E-state index in [9.17, 15) is 4.79 Å². The van der Waals surface area contributed by atoms with Crippen molar-refractivity contribution in [3.63, 3.8) is 0 Å². The van der Waals surface area contributed by atoms with E-state index in [2.05, 4.69) is 6.92 Å². The number of rotatable bonds is 7. The van der Waals surface area contributed by atoms with Crippen LogP contribution in [0.4, 0.5) is 5.69 Å². The molecule has 0 bridgehead atoms. The maximum absolute atomic E-state index is 13.1. The highest BCUT2D eigenvalue weighted by Gasteiger charge is 2.31. The third-order valence-corrected chi connectivity index (χ3v) is 5.62. The molecule has 0 saturated heterocycles. The van der Waals surface area contributed by atoms with E-state index in [4.69, 9.17) is 21.1 Å². The highest BCUT2D eigenvalue weighted by molar-refractivity contribution is 6.35. The Kier molecular flexibility index (Phi) is 6.28. The van der Waals surface area contributed by atoms with Gasteiger partial charge in [-0.05, 0) is 42.3 Å². The molecule has 0 radical (unpaired) electrons. The molecule has 3 aromatic carbocycles. The lowest BCUT2D eigenvalue weighted by molar-refractivity contribution is -0.113. The Balaban J connectivity index is 1.61. The third kappa shape index (κ3) is 4.30. The second-order valence-electron chi connectivity index (χ2n) is 7.32. The lowest BCUT2D eigenvalue weighted by atomic mass is 10.0. The molecule has 5 heteroatoms. The number of carbonyl (C=O) groups excluding carboxylic acids is 1. The van der Waals surface area contributed by atoms with E-state index in [-0.39, 0.29) is 5.91 Å². The van der Waals surface area contributed by atoms with E-state index in [1.54, 1.807) is 7.11 Å². The highest BCUT2D eigenvalue weighted by Crippen LogP contribution is 2.38. The fraction of sp³-hybridized carbons (Fsp3) is 0.192. The van der Waals surface area contributed by atoms with Gasteiger partial charge in [-0.1, -0.05) is 61.0 Å². The van der Waals surface area contributed by atoms with Crippen molar-refractivity contribution in [3.8, 4) is 11.5 Å². The highest BCUT2D eigenvalue weighted by atomic mass is 35.5. The summed E-state index contributed by atoms with van der Waals surface area (Å²) >= 11 is 6.22. The van der Waals surface area contributed by atoms with Gasteiger partial charge >= 0.3 is 0 Å². The molecule has 4 rings (SSSR count). The Morgan fingerprint density at radius 2 is 1.77 bits per heavy atom. The molecular formula is C26H24ClNO3. The zero-order valence-corrected chi connectivity index (χ0v) is 18.4. The molecule has 0 N–H and O–H groups in total. The number of anilines is 1. The standard InChI is InChI=1S/C26H24ClNO3/c1-3-14-28-23-11-7-5-9-20(23)21(26(28)29)15-18-12-13-24(25(16-18)30-2)31-17-19-8-4-6-10-22(19)27/h4-13,15-16H,3,14,17H2,1-2H3/b21-15-. The van der Waals surface area contributed by atoms with Crippen LogP contribution in [0.1, 0.15) is 30.0 Å². The Morgan fingerprint density at radius 3 is 2.55 bits per heavy atom. The second-order valence-corrected chi connectivity index (χ2v) is 7.73. The van der Waals surface area contributed by atoms with Crippen molar-refractivity contribution < 1.29 is 14.3 Å². The monoisotopic (exact) mass is 433 g/mol. The summed E-state index contributed by atoms with van der Waals surface area (Å²) in [6.45, 7) is 3.11. The quantitative estimate of drug-likeness (QED) is 0.415. The summed E-state index contributed by atoms with van der Waals surface area (Å²) < 4.78 is 11.5. The lowest BCUT2D eigenvalue weighted by Gasteiger charge is -2.15. The third-order valence-electron chi connectivity index (χ3n) is 5.25. The minimum Gasteiger partial charge on any atom is -0.493 e. The Labute approximate surface area is 187 Å². The zero-order valence-electron chi connectivity index (χ0n) is 17.6. The average molecular weight is 434 g/mol. The van der Waals surface area contributed by atoms with Crippen molar-refractivity contribution in [2.45, 2.75) is 20.0 Å². The normalized spacial score (nSPS) is 14.1. The number of ether oxygens (including phenoxy) is 2. The van der Waals surface area contributed by atoms with Crippen molar-refractivity contribution in [1.82, 2.24) is 0 Å². The Bertz CT molecular complexity index is 1140. The van der Waals surface area contributed by atoms with Gasteiger partial charge in [-0.3, -0.25) is 4.79 Å². The molecule has 1 aliphatic heterocycles. The van der Waals surface area contributed by atoms with Gasteiger partial charge in [-0.2, -0.15) is 0 Å². The topological polar surface area (TPSA) is 38.8 Å². The first kappa shape index (κ1) is 21.0. The molecule has 0 fully saturated rings. The smallest absolute Gasteiger partial charge is 0.258 e. The van der Waals surface area contributed by atoms with Crippen molar-refractivity contribution in [1.29, 1.82) is 0 Å². The van der Waals surface area contributed by atoms with Crippen LogP contribution in [0.25, 0.3) is 11.6 Å². The van der Waals surface area contributed by atoms with Gasteiger partial charge in [0.1, 0.15) is 6.61 Å². The van der Waals surface area contributed by atoms with Crippen molar-refractivity contribution in [2.75, 3.05) is 18.6 Å². The first-order chi connectivity index (χ1) is 15.1. The number of benzene rings is 3. The minimum atomic E-state index is 0.0288. The van der Waals surface area contributed by atoms with E-state index in [1.165, 1.54) is 0 Å². The van der Waals surface area contributed by atoms with Gasteiger partial charge in [0.15, 0.2) is 11.5 Å². The number of hydrogen-bond acceptors (Lipinski definition) is 3. The maximum Gasteiger partial charge on any atom is 0.258 e. The number of methoxy groups -OCH3 is 1. The fourth-order valence-electron chi connectivity index (χ4n) is 3.72. The van der Waals surface area contributed by atoms with Crippen LogP contribution in [0.3, 0.4) is 0 Å². The molecule has 1 amide bonds. The van der Waals surface area contributed by atoms with Crippen LogP contribution in [0.2, 0.25) is 5.02 Å². The van der Waals surface area contributed by atoms with Crippen LogP contribution in [-0.2, 0) is 11.4 Å². The first-order valence-corrected chi connectivity index (χ1v) is 10.7. The molecule has 0 unspecified atom stereocenters. The molecule has 0 atom stereocenters. The molecule has 31 heavy (non-hydrogen) atoms. The van der Waals surface area contributed by atoms with Crippen LogP contribution in [0, 0.1) is 0 Å². The van der Waals surface area contributed by atoms with E-state index in [1.807, 2.05) is 77.7 Å². The summed E-state index contributed by atoms with van der Waals surface area (Å²) in [6, 6.07) is 21.2.